The quantitative estimate of drug-likeness (QED) is 0.0770. The van der Waals surface area contributed by atoms with Gasteiger partial charge in [-0.15, -0.1) is 0 Å². The van der Waals surface area contributed by atoms with Crippen molar-refractivity contribution in [2.24, 2.45) is 0 Å². The summed E-state index contributed by atoms with van der Waals surface area (Å²) < 4.78 is 50.6. The van der Waals surface area contributed by atoms with Crippen molar-refractivity contribution in [1.82, 2.24) is 5.32 Å². The fourth-order valence-corrected chi connectivity index (χ4v) is 7.41. The van der Waals surface area contributed by atoms with Gasteiger partial charge in [0.1, 0.15) is 122 Å². The molecule has 0 aromatic rings. The first kappa shape index (κ1) is 48.5. The standard InChI is InChI=1S/C32H55NO26/c1-7(39)33-13-25(57-32-27(19(45)15(41)9(3-35)55-32)59-30-22(48)18(44)14(40)8(2-34)53-30)16(42)10(4-36)52-29(13)58-26-17(43)11(5-37)54-31(23(26)49)56-24-12(6-38)51-28(50)21(47)20(24)46/h8-32,34-38,40-50H,2-6H2,1H3,(H,33,39)/t8-,9+,10+,11+,12+,13+,14+,15-,16+,17-,18+,19-,20+,21+,22-,23+,24+,25+,26-,27+,28?,29-,30-,31-,32-/m0/s1. The minimum atomic E-state index is -2.12. The Labute approximate surface area is 333 Å². The molecule has 1 unspecified atom stereocenters. The van der Waals surface area contributed by atoms with Crippen LogP contribution in [0.2, 0.25) is 0 Å². The topological polar surface area (TPSA) is 436 Å². The van der Waals surface area contributed by atoms with Gasteiger partial charge in [0.05, 0.1) is 33.0 Å². The summed E-state index contributed by atoms with van der Waals surface area (Å²) in [6.07, 6.45) is -45.1. The van der Waals surface area contributed by atoms with Crippen molar-refractivity contribution in [1.29, 1.82) is 0 Å². The van der Waals surface area contributed by atoms with Crippen molar-refractivity contribution in [3.05, 3.63) is 0 Å². The van der Waals surface area contributed by atoms with Crippen molar-refractivity contribution in [2.75, 3.05) is 33.0 Å². The molecule has 1 amide bonds. The molecule has 5 aliphatic rings. The second-order valence-electron chi connectivity index (χ2n) is 14.7. The fourth-order valence-electron chi connectivity index (χ4n) is 7.41. The summed E-state index contributed by atoms with van der Waals surface area (Å²) in [5.74, 6) is -0.845. The zero-order valence-electron chi connectivity index (χ0n) is 31.2. The average molecular weight is 870 g/mol. The molecular weight excluding hydrogens is 814 g/mol. The van der Waals surface area contributed by atoms with Crippen molar-refractivity contribution in [3.8, 4) is 0 Å². The van der Waals surface area contributed by atoms with E-state index in [4.69, 9.17) is 42.6 Å². The van der Waals surface area contributed by atoms with Gasteiger partial charge in [-0.3, -0.25) is 4.79 Å². The molecule has 0 aromatic heterocycles. The van der Waals surface area contributed by atoms with Crippen molar-refractivity contribution in [2.45, 2.75) is 160 Å². The van der Waals surface area contributed by atoms with E-state index in [1.54, 1.807) is 0 Å². The van der Waals surface area contributed by atoms with Crippen molar-refractivity contribution in [3.63, 3.8) is 0 Å². The van der Waals surface area contributed by atoms with Crippen LogP contribution in [0.5, 0.6) is 0 Å². The summed E-state index contributed by atoms with van der Waals surface area (Å²) >= 11 is 0. The molecule has 59 heavy (non-hydrogen) atoms. The van der Waals surface area contributed by atoms with Gasteiger partial charge in [0, 0.05) is 6.92 Å². The molecule has 0 saturated carbocycles. The minimum absolute atomic E-state index is 0.845. The number of carbonyl (C=O) groups excluding carboxylic acids is 1. The molecule has 5 rings (SSSR count). The fraction of sp³-hybridized carbons (Fsp3) is 0.969. The zero-order valence-corrected chi connectivity index (χ0v) is 31.2. The number of nitrogens with one attached hydrogen (secondary N) is 1. The monoisotopic (exact) mass is 869 g/mol. The second-order valence-corrected chi connectivity index (χ2v) is 14.7. The highest BCUT2D eigenvalue weighted by Gasteiger charge is 2.57. The van der Waals surface area contributed by atoms with Gasteiger partial charge < -0.3 is 130 Å². The van der Waals surface area contributed by atoms with Crippen LogP contribution >= 0.6 is 0 Å². The summed E-state index contributed by atoms with van der Waals surface area (Å²) in [7, 11) is 0. The van der Waals surface area contributed by atoms with Gasteiger partial charge >= 0.3 is 0 Å². The van der Waals surface area contributed by atoms with Crippen molar-refractivity contribution >= 4 is 5.91 Å². The minimum Gasteiger partial charge on any atom is -0.394 e. The maximum absolute atomic E-state index is 12.6. The first-order valence-corrected chi connectivity index (χ1v) is 18.6. The molecule has 5 saturated heterocycles. The average Bonchev–Trinajstić information content (AvgIpc) is 3.21. The lowest BCUT2D eigenvalue weighted by Gasteiger charge is -2.50. The van der Waals surface area contributed by atoms with Crippen LogP contribution in [0, 0.1) is 0 Å². The number of hydrogen-bond acceptors (Lipinski definition) is 26. The number of ether oxygens (including phenoxy) is 9. The van der Waals surface area contributed by atoms with E-state index in [0.717, 1.165) is 6.92 Å². The van der Waals surface area contributed by atoms with E-state index < -0.39 is 192 Å². The predicted molar refractivity (Wildman–Crippen MR) is 178 cm³/mol. The Hall–Kier alpha value is -1.53. The smallest absolute Gasteiger partial charge is 0.217 e. The SMILES string of the molecule is CC(=O)N[C@H]1[C@H](O[C@H]2[C@@H](O)[C@@H](CO)O[C@@H](O[C@H]3[C@H](O)[C@@H](O)C(O)O[C@@H]3CO)[C@@H]2O)O[C@H](CO)[C@@H](O)[C@@H]1O[C@@H]1O[C@H](CO)[C@H](O)[C@H](O)[C@H]1O[C@@H]1O[C@@H](CO)[C@@H](O)[C@@H](O)[C@@H]1O. The highest BCUT2D eigenvalue weighted by atomic mass is 16.8. The maximum atomic E-state index is 12.6. The first-order valence-electron chi connectivity index (χ1n) is 18.6. The highest BCUT2D eigenvalue weighted by molar-refractivity contribution is 5.73. The third-order valence-electron chi connectivity index (χ3n) is 10.7. The lowest BCUT2D eigenvalue weighted by molar-refractivity contribution is -0.390. The molecule has 0 aliphatic carbocycles. The number of amides is 1. The molecular formula is C32H55NO26. The van der Waals surface area contributed by atoms with Crippen LogP contribution in [-0.2, 0) is 47.4 Å². The van der Waals surface area contributed by atoms with E-state index in [-0.39, 0.29) is 0 Å². The van der Waals surface area contributed by atoms with E-state index in [9.17, 15) is 86.5 Å². The molecule has 344 valence electrons. The van der Waals surface area contributed by atoms with Gasteiger partial charge in [-0.1, -0.05) is 0 Å². The molecule has 0 radical (unpaired) electrons. The van der Waals surface area contributed by atoms with Crippen LogP contribution in [0.25, 0.3) is 0 Å². The second kappa shape index (κ2) is 20.8. The van der Waals surface area contributed by atoms with Crippen LogP contribution < -0.4 is 5.32 Å². The highest BCUT2D eigenvalue weighted by Crippen LogP contribution is 2.36. The molecule has 25 atom stereocenters. The Morgan fingerprint density at radius 2 is 0.814 bits per heavy atom. The third kappa shape index (κ3) is 10.2. The lowest BCUT2D eigenvalue weighted by Crippen LogP contribution is -2.70. The summed E-state index contributed by atoms with van der Waals surface area (Å²) in [6, 6.07) is -1.75. The number of rotatable bonds is 14. The third-order valence-corrected chi connectivity index (χ3v) is 10.7. The van der Waals surface area contributed by atoms with Crippen LogP contribution in [0.4, 0.5) is 0 Å². The first-order chi connectivity index (χ1) is 27.9. The van der Waals surface area contributed by atoms with E-state index in [1.807, 2.05) is 0 Å². The largest absolute Gasteiger partial charge is 0.394 e. The molecule has 5 fully saturated rings. The van der Waals surface area contributed by atoms with Crippen LogP contribution in [0.1, 0.15) is 6.92 Å². The maximum Gasteiger partial charge on any atom is 0.217 e. The number of aliphatic hydroxyl groups is 16. The number of hydrogen-bond donors (Lipinski definition) is 17. The molecule has 5 aliphatic heterocycles. The summed E-state index contributed by atoms with van der Waals surface area (Å²) in [6.45, 7) is -3.65. The van der Waals surface area contributed by atoms with Crippen LogP contribution in [0.15, 0.2) is 0 Å². The van der Waals surface area contributed by atoms with Crippen molar-refractivity contribution < 1.29 is 129 Å². The van der Waals surface area contributed by atoms with E-state index >= 15 is 0 Å². The Bertz CT molecular complexity index is 1320. The van der Waals surface area contributed by atoms with Gasteiger partial charge in [-0.2, -0.15) is 0 Å². The Kier molecular flexibility index (Phi) is 17.1. The van der Waals surface area contributed by atoms with Gasteiger partial charge in [-0.05, 0) is 0 Å². The molecule has 5 heterocycles. The molecule has 0 aromatic carbocycles. The van der Waals surface area contributed by atoms with Gasteiger partial charge in [-0.25, -0.2) is 0 Å². The van der Waals surface area contributed by atoms with Crippen LogP contribution in [-0.4, -0.2) is 274 Å². The van der Waals surface area contributed by atoms with E-state index in [2.05, 4.69) is 5.32 Å². The molecule has 0 spiro atoms. The van der Waals surface area contributed by atoms with Gasteiger partial charge in [0.15, 0.2) is 31.5 Å². The Morgan fingerprint density at radius 3 is 1.36 bits per heavy atom. The summed E-state index contributed by atoms with van der Waals surface area (Å²) in [4.78, 5) is 12.6. The van der Waals surface area contributed by atoms with E-state index in [0.29, 0.717) is 0 Å². The summed E-state index contributed by atoms with van der Waals surface area (Å²) in [5.41, 5.74) is 0. The lowest BCUT2D eigenvalue weighted by atomic mass is 9.94. The summed E-state index contributed by atoms with van der Waals surface area (Å²) in [5, 5.41) is 170. The molecule has 27 nitrogen and oxygen atoms in total. The number of aliphatic hydroxyl groups excluding tert-OH is 16. The van der Waals surface area contributed by atoms with Gasteiger partial charge in [0.25, 0.3) is 0 Å². The molecule has 27 heteroatoms. The molecule has 17 N–H and O–H groups in total. The normalized spacial score (nSPS) is 51.0. The predicted octanol–water partition coefficient (Wildman–Crippen LogP) is -11.8. The zero-order chi connectivity index (χ0) is 43.6. The number of carbonyl (C=O) groups is 1. The Morgan fingerprint density at radius 1 is 0.407 bits per heavy atom. The van der Waals surface area contributed by atoms with E-state index in [1.165, 1.54) is 0 Å². The van der Waals surface area contributed by atoms with Gasteiger partial charge in [0.2, 0.25) is 5.91 Å². The van der Waals surface area contributed by atoms with Crippen LogP contribution in [0.3, 0.4) is 0 Å². The Balaban J connectivity index is 1.44. The molecule has 0 bridgehead atoms.